The molecule has 0 unspecified atom stereocenters. The Morgan fingerprint density at radius 2 is 1.46 bits per heavy atom. The van der Waals surface area contributed by atoms with Crippen LogP contribution in [-0.4, -0.2) is 29.2 Å². The van der Waals surface area contributed by atoms with E-state index in [4.69, 9.17) is 0 Å². The van der Waals surface area contributed by atoms with Crippen LogP contribution < -0.4 is 4.72 Å². The minimum absolute atomic E-state index is 0.0193. The molecule has 2 aromatic carbocycles. The van der Waals surface area contributed by atoms with Gasteiger partial charge in [0.2, 0.25) is 10.0 Å². The number of hydrogen-bond donors (Lipinski definition) is 1. The lowest BCUT2D eigenvalue weighted by atomic mass is 9.91. The average Bonchev–Trinajstić information content (AvgIpc) is 3.33. The third-order valence-electron chi connectivity index (χ3n) is 5.92. The first-order valence-corrected chi connectivity index (χ1v) is 12.1. The fraction of sp³-hybridized carbons (Fsp3) is 0.364. The lowest BCUT2D eigenvalue weighted by molar-refractivity contribution is -0.138. The van der Waals surface area contributed by atoms with Crippen LogP contribution in [-0.2, 0) is 22.4 Å². The van der Waals surface area contributed by atoms with Crippen LogP contribution in [0.1, 0.15) is 42.9 Å². The third kappa shape index (κ3) is 5.84. The summed E-state index contributed by atoms with van der Waals surface area (Å²) in [4.78, 5) is -0.617. The zero-order chi connectivity index (χ0) is 25.4. The van der Waals surface area contributed by atoms with Crippen molar-refractivity contribution >= 4 is 10.0 Å². The Morgan fingerprint density at radius 3 is 2.06 bits per heavy atom. The van der Waals surface area contributed by atoms with Crippen LogP contribution in [0.25, 0.3) is 11.1 Å². The van der Waals surface area contributed by atoms with Gasteiger partial charge in [0, 0.05) is 12.1 Å². The maximum atomic E-state index is 13.6. The summed E-state index contributed by atoms with van der Waals surface area (Å²) < 4.78 is 110. The van der Waals surface area contributed by atoms with Crippen molar-refractivity contribution in [3.63, 3.8) is 0 Å². The second kappa shape index (κ2) is 9.26. The van der Waals surface area contributed by atoms with Gasteiger partial charge in [-0.1, -0.05) is 12.1 Å². The van der Waals surface area contributed by atoms with Gasteiger partial charge in [0.05, 0.1) is 16.0 Å². The van der Waals surface area contributed by atoms with E-state index >= 15 is 0 Å². The number of nitrogens with zero attached hydrogens (tertiary/aromatic N) is 3. The molecule has 1 heterocycles. The van der Waals surface area contributed by atoms with Gasteiger partial charge in [-0.15, -0.1) is 10.2 Å². The molecule has 0 saturated heterocycles. The molecule has 0 spiro atoms. The number of hydrogen-bond acceptors (Lipinski definition) is 4. The number of alkyl halides is 6. The van der Waals surface area contributed by atoms with Crippen molar-refractivity contribution in [2.24, 2.45) is 0 Å². The van der Waals surface area contributed by atoms with Gasteiger partial charge in [-0.05, 0) is 67.1 Å². The van der Waals surface area contributed by atoms with Crippen LogP contribution >= 0.6 is 0 Å². The molecule has 1 aliphatic carbocycles. The number of sulfonamides is 1. The van der Waals surface area contributed by atoms with E-state index < -0.39 is 44.4 Å². The lowest BCUT2D eigenvalue weighted by Crippen LogP contribution is -2.38. The number of benzene rings is 2. The monoisotopic (exact) mass is 518 g/mol. The Morgan fingerprint density at radius 1 is 0.829 bits per heavy atom. The number of nitrogens with one attached hydrogen (secondary N) is 1. The molecule has 188 valence electrons. The molecular formula is C22H20F6N4O2S. The van der Waals surface area contributed by atoms with E-state index in [0.29, 0.717) is 31.4 Å². The molecule has 1 N–H and O–H groups in total. The van der Waals surface area contributed by atoms with Gasteiger partial charge < -0.3 is 4.57 Å². The summed E-state index contributed by atoms with van der Waals surface area (Å²) in [5, 5.41) is 7.48. The normalized spacial score (nSPS) is 19.6. The van der Waals surface area contributed by atoms with E-state index in [9.17, 15) is 34.8 Å². The quantitative estimate of drug-likeness (QED) is 0.456. The van der Waals surface area contributed by atoms with Crippen molar-refractivity contribution in [3.8, 4) is 11.1 Å². The largest absolute Gasteiger partial charge is 0.416 e. The molecule has 1 aromatic heterocycles. The highest BCUT2D eigenvalue weighted by Crippen LogP contribution is 2.36. The van der Waals surface area contributed by atoms with Crippen molar-refractivity contribution < 1.29 is 34.8 Å². The smallest absolute Gasteiger partial charge is 0.317 e. The van der Waals surface area contributed by atoms with Crippen LogP contribution in [0.3, 0.4) is 0 Å². The summed E-state index contributed by atoms with van der Waals surface area (Å²) in [6.45, 7) is 0. The van der Waals surface area contributed by atoms with Gasteiger partial charge in [-0.3, -0.25) is 0 Å². The SMILES string of the molecule is O=S(=O)(N[C@H]1CCC[C@@H](n2cnnc2)C1)c1cc(-c2ccc(C(F)(F)F)cc2)cc(C(F)(F)F)c1. The summed E-state index contributed by atoms with van der Waals surface area (Å²) in [6.07, 6.45) is -4.07. The van der Waals surface area contributed by atoms with Crippen molar-refractivity contribution in [1.82, 2.24) is 19.5 Å². The van der Waals surface area contributed by atoms with Crippen LogP contribution in [0.4, 0.5) is 26.3 Å². The van der Waals surface area contributed by atoms with Gasteiger partial charge in [-0.2, -0.15) is 26.3 Å². The first-order valence-electron chi connectivity index (χ1n) is 10.6. The highest BCUT2D eigenvalue weighted by molar-refractivity contribution is 7.89. The van der Waals surface area contributed by atoms with Gasteiger partial charge in [-0.25, -0.2) is 13.1 Å². The van der Waals surface area contributed by atoms with Crippen LogP contribution in [0, 0.1) is 0 Å². The summed E-state index contributed by atoms with van der Waals surface area (Å²) in [5.41, 5.74) is -2.34. The molecule has 0 bridgehead atoms. The number of aromatic nitrogens is 3. The number of rotatable bonds is 5. The average molecular weight is 518 g/mol. The van der Waals surface area contributed by atoms with Crippen molar-refractivity contribution in [2.45, 2.75) is 55.0 Å². The van der Waals surface area contributed by atoms with E-state index in [1.807, 2.05) is 0 Å². The van der Waals surface area contributed by atoms with Gasteiger partial charge in [0.15, 0.2) is 0 Å². The molecular weight excluding hydrogens is 498 g/mol. The zero-order valence-electron chi connectivity index (χ0n) is 18.0. The van der Waals surface area contributed by atoms with Crippen LogP contribution in [0.5, 0.6) is 0 Å². The first kappa shape index (κ1) is 25.2. The minimum atomic E-state index is -4.86. The van der Waals surface area contributed by atoms with E-state index in [1.165, 1.54) is 12.7 Å². The number of halogens is 6. The van der Waals surface area contributed by atoms with E-state index in [-0.39, 0.29) is 17.2 Å². The van der Waals surface area contributed by atoms with Crippen molar-refractivity contribution in [1.29, 1.82) is 0 Å². The first-order chi connectivity index (χ1) is 16.3. The van der Waals surface area contributed by atoms with Crippen LogP contribution in [0.15, 0.2) is 60.0 Å². The van der Waals surface area contributed by atoms with E-state index in [1.54, 1.807) is 4.57 Å². The van der Waals surface area contributed by atoms with Crippen molar-refractivity contribution in [2.75, 3.05) is 0 Å². The Balaban J connectivity index is 1.65. The molecule has 4 rings (SSSR count). The van der Waals surface area contributed by atoms with Crippen LogP contribution in [0.2, 0.25) is 0 Å². The fourth-order valence-corrected chi connectivity index (χ4v) is 5.52. The molecule has 1 aliphatic rings. The molecule has 0 amide bonds. The zero-order valence-corrected chi connectivity index (χ0v) is 18.8. The Kier molecular flexibility index (Phi) is 6.66. The maximum Gasteiger partial charge on any atom is 0.416 e. The summed E-state index contributed by atoms with van der Waals surface area (Å²) in [7, 11) is -4.37. The Labute approximate surface area is 197 Å². The standard InChI is InChI=1S/C22H20F6N4O2S/c23-21(24,25)16-6-4-14(5-7-16)15-8-17(22(26,27)28)10-20(9-15)35(33,34)31-18-2-1-3-19(11-18)32-12-29-30-13-32/h4-10,12-13,18-19,31H,1-3,11H2/t18-,19+/m0/s1. The van der Waals surface area contributed by atoms with Gasteiger partial charge in [0.25, 0.3) is 0 Å². The second-order valence-electron chi connectivity index (χ2n) is 8.37. The fourth-order valence-electron chi connectivity index (χ4n) is 4.16. The second-order valence-corrected chi connectivity index (χ2v) is 10.1. The molecule has 0 radical (unpaired) electrons. The molecule has 6 nitrogen and oxygen atoms in total. The predicted octanol–water partition coefficient (Wildman–Crippen LogP) is 5.44. The summed E-state index contributed by atoms with van der Waals surface area (Å²) in [6, 6.07) is 5.16. The minimum Gasteiger partial charge on any atom is -0.317 e. The lowest BCUT2D eigenvalue weighted by Gasteiger charge is -2.30. The molecule has 2 atom stereocenters. The van der Waals surface area contributed by atoms with Crippen molar-refractivity contribution in [3.05, 3.63) is 66.2 Å². The van der Waals surface area contributed by atoms with E-state index in [0.717, 1.165) is 36.8 Å². The highest BCUT2D eigenvalue weighted by atomic mass is 32.2. The van der Waals surface area contributed by atoms with Gasteiger partial charge in [0.1, 0.15) is 12.7 Å². The molecule has 1 saturated carbocycles. The highest BCUT2D eigenvalue weighted by Gasteiger charge is 2.34. The van der Waals surface area contributed by atoms with Gasteiger partial charge >= 0.3 is 12.4 Å². The molecule has 3 aromatic rings. The maximum absolute atomic E-state index is 13.6. The summed E-state index contributed by atoms with van der Waals surface area (Å²) >= 11 is 0. The molecule has 1 fully saturated rings. The predicted molar refractivity (Wildman–Crippen MR) is 114 cm³/mol. The molecule has 35 heavy (non-hydrogen) atoms. The topological polar surface area (TPSA) is 76.9 Å². The molecule has 0 aliphatic heterocycles. The third-order valence-corrected chi connectivity index (χ3v) is 7.42. The summed E-state index contributed by atoms with van der Waals surface area (Å²) in [5.74, 6) is 0. The Hall–Kier alpha value is -2.93. The Bertz CT molecular complexity index is 1270. The molecule has 13 heteroatoms. The van der Waals surface area contributed by atoms with E-state index in [2.05, 4.69) is 14.9 Å².